The molecule has 1 atom stereocenters. The van der Waals surface area contributed by atoms with E-state index in [4.69, 9.17) is 9.99 Å². The first-order valence-electron chi connectivity index (χ1n) is 5.44. The minimum atomic E-state index is -0.661. The number of benzene rings is 1. The van der Waals surface area contributed by atoms with E-state index in [1.165, 1.54) is 5.56 Å². The van der Waals surface area contributed by atoms with E-state index >= 15 is 0 Å². The fourth-order valence-electron chi connectivity index (χ4n) is 1.51. The van der Waals surface area contributed by atoms with Gasteiger partial charge >= 0.3 is 0 Å². The summed E-state index contributed by atoms with van der Waals surface area (Å²) in [5.41, 5.74) is 1.50. The molecule has 0 bridgehead atoms. The third kappa shape index (κ3) is 3.30. The van der Waals surface area contributed by atoms with E-state index in [1.807, 2.05) is 45.0 Å². The zero-order valence-corrected chi connectivity index (χ0v) is 10.4. The molecule has 1 N–H and O–H groups in total. The summed E-state index contributed by atoms with van der Waals surface area (Å²) >= 11 is 0. The summed E-state index contributed by atoms with van der Waals surface area (Å²) in [6.45, 7) is 5.67. The van der Waals surface area contributed by atoms with E-state index < -0.39 is 5.60 Å². The molecular weight excluding hydrogens is 204 g/mol. The van der Waals surface area contributed by atoms with Crippen LogP contribution < -0.4 is 0 Å². The molecule has 0 heterocycles. The van der Waals surface area contributed by atoms with E-state index in [-0.39, 0.29) is 6.10 Å². The van der Waals surface area contributed by atoms with Crippen molar-refractivity contribution < 1.29 is 14.9 Å². The molecule has 0 aliphatic heterocycles. The predicted octanol–water partition coefficient (Wildman–Crippen LogP) is 2.99. The van der Waals surface area contributed by atoms with Crippen molar-refractivity contribution in [2.45, 2.75) is 38.9 Å². The van der Waals surface area contributed by atoms with E-state index in [1.54, 1.807) is 7.11 Å². The molecule has 3 nitrogen and oxygen atoms in total. The fraction of sp³-hybridized carbons (Fsp3) is 0.538. The van der Waals surface area contributed by atoms with E-state index in [2.05, 4.69) is 4.89 Å². The summed E-state index contributed by atoms with van der Waals surface area (Å²) in [6.07, 6.45) is 1.10. The number of ether oxygens (including phenoxy) is 1. The number of rotatable bonds is 5. The van der Waals surface area contributed by atoms with Gasteiger partial charge in [-0.2, -0.15) is 0 Å². The van der Waals surface area contributed by atoms with Gasteiger partial charge in [0.1, 0.15) is 5.60 Å². The molecule has 1 unspecified atom stereocenters. The zero-order valence-electron chi connectivity index (χ0n) is 10.4. The minimum Gasteiger partial charge on any atom is -0.381 e. The molecule has 0 aliphatic carbocycles. The van der Waals surface area contributed by atoms with E-state index in [9.17, 15) is 0 Å². The second-order valence-electron chi connectivity index (χ2n) is 4.55. The predicted molar refractivity (Wildman–Crippen MR) is 63.4 cm³/mol. The maximum absolute atomic E-state index is 8.78. The molecule has 1 aromatic rings. The monoisotopic (exact) mass is 224 g/mol. The van der Waals surface area contributed by atoms with Crippen LogP contribution in [0.3, 0.4) is 0 Å². The summed E-state index contributed by atoms with van der Waals surface area (Å²) in [6, 6.07) is 8.00. The third-order valence-electron chi connectivity index (χ3n) is 2.80. The van der Waals surface area contributed by atoms with Crippen LogP contribution in [-0.4, -0.2) is 18.5 Å². The van der Waals surface area contributed by atoms with E-state index in [0.29, 0.717) is 0 Å². The van der Waals surface area contributed by atoms with Crippen LogP contribution >= 0.6 is 0 Å². The van der Waals surface area contributed by atoms with Crippen molar-refractivity contribution in [3.05, 3.63) is 35.4 Å². The maximum Gasteiger partial charge on any atom is 0.123 e. The Balaban J connectivity index is 2.75. The third-order valence-corrected chi connectivity index (χ3v) is 2.80. The molecule has 0 spiro atoms. The quantitative estimate of drug-likeness (QED) is 0.617. The Labute approximate surface area is 96.9 Å². The first-order chi connectivity index (χ1) is 7.49. The molecule has 0 fully saturated rings. The van der Waals surface area contributed by atoms with Gasteiger partial charge in [-0.3, -0.25) is 5.26 Å². The van der Waals surface area contributed by atoms with Crippen LogP contribution in [0.5, 0.6) is 0 Å². The molecule has 0 radical (unpaired) electrons. The van der Waals surface area contributed by atoms with Gasteiger partial charge in [-0.15, -0.1) is 0 Å². The molecule has 3 heteroatoms. The molecule has 0 aromatic heterocycles. The molecule has 90 valence electrons. The first kappa shape index (κ1) is 13.2. The summed E-state index contributed by atoms with van der Waals surface area (Å²) in [7, 11) is 1.71. The summed E-state index contributed by atoms with van der Waals surface area (Å²) in [5.74, 6) is 0. The zero-order chi connectivity index (χ0) is 12.2. The Morgan fingerprint density at radius 3 is 2.25 bits per heavy atom. The Morgan fingerprint density at radius 2 is 1.81 bits per heavy atom. The lowest BCUT2D eigenvalue weighted by Gasteiger charge is -2.21. The van der Waals surface area contributed by atoms with Crippen molar-refractivity contribution in [1.82, 2.24) is 0 Å². The summed E-state index contributed by atoms with van der Waals surface area (Å²) in [5, 5.41) is 8.78. The highest BCUT2D eigenvalue weighted by atomic mass is 17.1. The lowest BCUT2D eigenvalue weighted by molar-refractivity contribution is -0.318. The Hall–Kier alpha value is -0.900. The van der Waals surface area contributed by atoms with Gasteiger partial charge in [-0.05, 0) is 38.3 Å². The number of hydrogen-bond acceptors (Lipinski definition) is 3. The lowest BCUT2D eigenvalue weighted by atomic mass is 9.96. The molecule has 0 amide bonds. The van der Waals surface area contributed by atoms with Crippen molar-refractivity contribution in [3.63, 3.8) is 0 Å². The number of methoxy groups -OCH3 is 1. The lowest BCUT2D eigenvalue weighted by Crippen LogP contribution is -2.19. The van der Waals surface area contributed by atoms with Crippen molar-refractivity contribution in [1.29, 1.82) is 0 Å². The average molecular weight is 224 g/mol. The van der Waals surface area contributed by atoms with Crippen molar-refractivity contribution in [3.8, 4) is 0 Å². The molecule has 0 aliphatic rings. The SMILES string of the molecule is COC(C)Cc1ccc(C(C)(C)OO)cc1. The van der Waals surface area contributed by atoms with Crippen LogP contribution in [0.15, 0.2) is 24.3 Å². The smallest absolute Gasteiger partial charge is 0.123 e. The van der Waals surface area contributed by atoms with Gasteiger partial charge in [0.15, 0.2) is 0 Å². The van der Waals surface area contributed by atoms with Crippen molar-refractivity contribution in [2.75, 3.05) is 7.11 Å². The first-order valence-corrected chi connectivity index (χ1v) is 5.44. The molecule has 16 heavy (non-hydrogen) atoms. The number of hydrogen-bond donors (Lipinski definition) is 1. The second-order valence-corrected chi connectivity index (χ2v) is 4.55. The van der Waals surface area contributed by atoms with Crippen LogP contribution in [0.25, 0.3) is 0 Å². The summed E-state index contributed by atoms with van der Waals surface area (Å²) < 4.78 is 5.21. The molecule has 0 saturated carbocycles. The molecular formula is C13H20O3. The van der Waals surface area contributed by atoms with Crippen LogP contribution in [0.4, 0.5) is 0 Å². The van der Waals surface area contributed by atoms with Crippen LogP contribution in [0.2, 0.25) is 0 Å². The van der Waals surface area contributed by atoms with Crippen LogP contribution in [0.1, 0.15) is 31.9 Å². The van der Waals surface area contributed by atoms with Gasteiger partial charge in [0.05, 0.1) is 6.10 Å². The van der Waals surface area contributed by atoms with Crippen molar-refractivity contribution in [2.24, 2.45) is 0 Å². The normalized spacial score (nSPS) is 13.8. The van der Waals surface area contributed by atoms with Gasteiger partial charge in [0, 0.05) is 7.11 Å². The Kier molecular flexibility index (Phi) is 4.47. The molecule has 1 rings (SSSR count). The van der Waals surface area contributed by atoms with Gasteiger partial charge in [0.25, 0.3) is 0 Å². The standard InChI is InChI=1S/C13H20O3/c1-10(15-4)9-11-5-7-12(8-6-11)13(2,3)16-14/h5-8,10,14H,9H2,1-4H3. The largest absolute Gasteiger partial charge is 0.381 e. The van der Waals surface area contributed by atoms with Gasteiger partial charge in [-0.25, -0.2) is 4.89 Å². The second kappa shape index (κ2) is 5.43. The van der Waals surface area contributed by atoms with E-state index in [0.717, 1.165) is 12.0 Å². The summed E-state index contributed by atoms with van der Waals surface area (Å²) in [4.78, 5) is 4.44. The molecule has 1 aromatic carbocycles. The highest BCUT2D eigenvalue weighted by Crippen LogP contribution is 2.23. The highest BCUT2D eigenvalue weighted by Gasteiger charge is 2.21. The van der Waals surface area contributed by atoms with Crippen LogP contribution in [-0.2, 0) is 21.6 Å². The van der Waals surface area contributed by atoms with Crippen LogP contribution in [0, 0.1) is 0 Å². The minimum absolute atomic E-state index is 0.216. The topological polar surface area (TPSA) is 38.7 Å². The Bertz CT molecular complexity index is 316. The maximum atomic E-state index is 8.78. The average Bonchev–Trinajstić information content (AvgIpc) is 2.29. The van der Waals surface area contributed by atoms with Gasteiger partial charge in [-0.1, -0.05) is 24.3 Å². The van der Waals surface area contributed by atoms with Crippen molar-refractivity contribution >= 4 is 0 Å². The Morgan fingerprint density at radius 1 is 1.25 bits per heavy atom. The van der Waals surface area contributed by atoms with Gasteiger partial charge in [0.2, 0.25) is 0 Å². The highest BCUT2D eigenvalue weighted by molar-refractivity contribution is 5.26. The van der Waals surface area contributed by atoms with Gasteiger partial charge < -0.3 is 4.74 Å². The fourth-order valence-corrected chi connectivity index (χ4v) is 1.51. The molecule has 0 saturated heterocycles.